The van der Waals surface area contributed by atoms with Gasteiger partial charge >= 0.3 is 17.8 Å². The normalized spacial score (nSPS) is 18.6. The van der Waals surface area contributed by atoms with Crippen LogP contribution in [0.5, 0.6) is 0 Å². The molecule has 0 atom stereocenters. The van der Waals surface area contributed by atoms with E-state index in [0.29, 0.717) is 11.1 Å². The summed E-state index contributed by atoms with van der Waals surface area (Å²) in [6.07, 6.45) is 0. The Morgan fingerprint density at radius 2 is 0.848 bits per heavy atom. The number of hydrogen-bond donors (Lipinski definition) is 0. The van der Waals surface area contributed by atoms with Gasteiger partial charge in [0.05, 0.1) is 0 Å². The summed E-state index contributed by atoms with van der Waals surface area (Å²) in [4.78, 5) is 0.459. The molecule has 0 N–H and O–H groups in total. The molecule has 0 saturated heterocycles. The fourth-order valence-electron chi connectivity index (χ4n) is 4.07. The van der Waals surface area contributed by atoms with E-state index in [4.69, 9.17) is 0 Å². The Morgan fingerprint density at radius 1 is 0.485 bits per heavy atom. The topological polar surface area (TPSA) is 0 Å². The highest BCUT2D eigenvalue weighted by Crippen LogP contribution is 2.66. The van der Waals surface area contributed by atoms with Gasteiger partial charge in [-0.25, -0.2) is 0 Å². The lowest BCUT2D eigenvalue weighted by molar-refractivity contribution is -0.254. The van der Waals surface area contributed by atoms with Crippen molar-refractivity contribution in [1.29, 1.82) is 0 Å². The third kappa shape index (κ3) is 3.11. The van der Waals surface area contributed by atoms with Crippen molar-refractivity contribution in [2.24, 2.45) is 0 Å². The minimum Gasteiger partial charge on any atom is -0.194 e. The number of rotatable bonds is 4. The summed E-state index contributed by atoms with van der Waals surface area (Å²) in [6, 6.07) is 19.0. The van der Waals surface area contributed by atoms with Crippen molar-refractivity contribution in [3.63, 3.8) is 0 Å². The van der Waals surface area contributed by atoms with Gasteiger partial charge in [-0.05, 0) is 34.0 Å². The molecule has 0 bridgehead atoms. The number of thiophene rings is 2. The average Bonchev–Trinajstić information content (AvgIpc) is 3.49. The highest BCUT2D eigenvalue weighted by Gasteiger charge is 2.80. The number of benzene rings is 2. The van der Waals surface area contributed by atoms with Gasteiger partial charge in [-0.15, -0.1) is 22.7 Å². The van der Waals surface area contributed by atoms with Crippen molar-refractivity contribution < 1.29 is 26.3 Å². The highest BCUT2D eigenvalue weighted by atomic mass is 32.1. The van der Waals surface area contributed by atoms with Gasteiger partial charge in [0.2, 0.25) is 0 Å². The molecule has 5 rings (SSSR count). The maximum atomic E-state index is 15.2. The van der Waals surface area contributed by atoms with Crippen LogP contribution in [-0.2, 0) is 0 Å². The van der Waals surface area contributed by atoms with Crippen molar-refractivity contribution >= 4 is 33.8 Å². The zero-order valence-corrected chi connectivity index (χ0v) is 18.3. The van der Waals surface area contributed by atoms with Gasteiger partial charge in [0.1, 0.15) is 0 Å². The van der Waals surface area contributed by atoms with Gasteiger partial charge in [0.15, 0.2) is 0 Å². The Morgan fingerprint density at radius 3 is 1.21 bits per heavy atom. The van der Waals surface area contributed by atoms with E-state index in [-0.39, 0.29) is 20.9 Å². The quantitative estimate of drug-likeness (QED) is 0.249. The fraction of sp³-hybridized carbons (Fsp3) is 0.120. The summed E-state index contributed by atoms with van der Waals surface area (Å²) >= 11 is 2.07. The second-order valence-corrected chi connectivity index (χ2v) is 9.36. The van der Waals surface area contributed by atoms with Gasteiger partial charge in [0.25, 0.3) is 0 Å². The number of alkyl halides is 6. The number of allylic oxidation sites excluding steroid dienone is 2. The average molecular weight is 493 g/mol. The largest absolute Gasteiger partial charge is 0.380 e. The SMILES string of the molecule is FC1(F)C(c2ccsc2-c2ccccc2)=C(c2ccsc2-c2ccccc2)C(F)(F)C1(F)F. The van der Waals surface area contributed by atoms with Gasteiger partial charge in [-0.3, -0.25) is 0 Å². The Kier molecular flexibility index (Phi) is 5.06. The van der Waals surface area contributed by atoms with Gasteiger partial charge < -0.3 is 0 Å². The number of hydrogen-bond acceptors (Lipinski definition) is 2. The van der Waals surface area contributed by atoms with E-state index in [9.17, 15) is 8.78 Å². The molecule has 1 aliphatic carbocycles. The molecule has 2 heterocycles. The summed E-state index contributed by atoms with van der Waals surface area (Å²) in [6.45, 7) is 0. The predicted molar refractivity (Wildman–Crippen MR) is 121 cm³/mol. The lowest BCUT2D eigenvalue weighted by Crippen LogP contribution is -2.48. The van der Waals surface area contributed by atoms with E-state index in [0.717, 1.165) is 22.7 Å². The summed E-state index contributed by atoms with van der Waals surface area (Å²) in [5.74, 6) is -15.7. The van der Waals surface area contributed by atoms with Crippen molar-refractivity contribution in [2.45, 2.75) is 17.8 Å². The van der Waals surface area contributed by atoms with Crippen molar-refractivity contribution in [3.8, 4) is 20.9 Å². The molecule has 0 nitrogen and oxygen atoms in total. The molecular weight excluding hydrogens is 478 g/mol. The molecule has 0 aliphatic heterocycles. The molecule has 8 heteroatoms. The summed E-state index contributed by atoms with van der Waals surface area (Å²) in [5, 5.41) is 2.89. The third-order valence-electron chi connectivity index (χ3n) is 5.61. The zero-order chi connectivity index (χ0) is 23.4. The molecule has 2 aromatic heterocycles. The molecule has 0 unspecified atom stereocenters. The molecule has 0 saturated carbocycles. The van der Waals surface area contributed by atoms with Crippen LogP contribution in [0.3, 0.4) is 0 Å². The first-order valence-electron chi connectivity index (χ1n) is 9.83. The van der Waals surface area contributed by atoms with Crippen LogP contribution in [0.2, 0.25) is 0 Å². The first kappa shape index (κ1) is 22.0. The predicted octanol–water partition coefficient (Wildman–Crippen LogP) is 8.97. The van der Waals surface area contributed by atoms with Crippen LogP contribution < -0.4 is 0 Å². The molecule has 4 aromatic rings. The van der Waals surface area contributed by atoms with Crippen LogP contribution >= 0.6 is 22.7 Å². The van der Waals surface area contributed by atoms with E-state index in [1.165, 1.54) is 22.9 Å². The molecule has 2 aromatic carbocycles. The minimum atomic E-state index is -5.59. The first-order chi connectivity index (χ1) is 15.7. The highest BCUT2D eigenvalue weighted by molar-refractivity contribution is 7.14. The van der Waals surface area contributed by atoms with Crippen molar-refractivity contribution in [2.75, 3.05) is 0 Å². The van der Waals surface area contributed by atoms with E-state index < -0.39 is 28.9 Å². The van der Waals surface area contributed by atoms with Gasteiger partial charge in [-0.2, -0.15) is 26.3 Å². The fourth-order valence-corrected chi connectivity index (χ4v) is 5.89. The van der Waals surface area contributed by atoms with Crippen LogP contribution in [0, 0.1) is 0 Å². The molecule has 0 radical (unpaired) electrons. The van der Waals surface area contributed by atoms with Crippen LogP contribution in [0.4, 0.5) is 26.3 Å². The monoisotopic (exact) mass is 492 g/mol. The molecule has 0 spiro atoms. The maximum absolute atomic E-state index is 15.2. The Bertz CT molecular complexity index is 1230. The van der Waals surface area contributed by atoms with Gasteiger partial charge in [0, 0.05) is 32.0 Å². The Hall–Kier alpha value is -2.84. The smallest absolute Gasteiger partial charge is 0.194 e. The van der Waals surface area contributed by atoms with E-state index >= 15 is 17.6 Å². The van der Waals surface area contributed by atoms with Crippen LogP contribution in [0.25, 0.3) is 32.0 Å². The third-order valence-corrected chi connectivity index (χ3v) is 7.53. The molecule has 1 aliphatic rings. The lowest BCUT2D eigenvalue weighted by atomic mass is 9.93. The molecule has 0 amide bonds. The molecule has 168 valence electrons. The van der Waals surface area contributed by atoms with Gasteiger partial charge in [-0.1, -0.05) is 60.7 Å². The second kappa shape index (κ2) is 7.60. The van der Waals surface area contributed by atoms with Crippen molar-refractivity contribution in [1.82, 2.24) is 0 Å². The van der Waals surface area contributed by atoms with Crippen molar-refractivity contribution in [3.05, 3.63) is 94.7 Å². The van der Waals surface area contributed by atoms with Crippen LogP contribution in [0.15, 0.2) is 83.6 Å². The Balaban J connectivity index is 1.84. The minimum absolute atomic E-state index is 0.229. The second-order valence-electron chi connectivity index (χ2n) is 7.53. The summed E-state index contributed by atoms with van der Waals surface area (Å²) in [5.41, 5.74) is -2.31. The Labute approximate surface area is 193 Å². The van der Waals surface area contributed by atoms with E-state index in [1.54, 1.807) is 60.7 Å². The maximum Gasteiger partial charge on any atom is 0.380 e. The molecule has 33 heavy (non-hydrogen) atoms. The number of halogens is 6. The van der Waals surface area contributed by atoms with Crippen LogP contribution in [0.1, 0.15) is 11.1 Å². The van der Waals surface area contributed by atoms with Crippen LogP contribution in [-0.4, -0.2) is 17.8 Å². The standard InChI is InChI=1S/C25H14F6S2/c26-23(27)19(17-11-13-32-21(17)15-7-3-1-4-8-15)20(24(28,29)25(23,30)31)18-12-14-33-22(18)16-9-5-2-6-10-16/h1-14H. The lowest BCUT2D eigenvalue weighted by Gasteiger charge is -2.26. The molecular formula is C25H14F6S2. The molecule has 0 fully saturated rings. The summed E-state index contributed by atoms with van der Waals surface area (Å²) < 4.78 is 90.4. The first-order valence-corrected chi connectivity index (χ1v) is 11.6. The summed E-state index contributed by atoms with van der Waals surface area (Å²) in [7, 11) is 0. The van der Waals surface area contributed by atoms with E-state index in [2.05, 4.69) is 0 Å². The zero-order valence-electron chi connectivity index (χ0n) is 16.7. The van der Waals surface area contributed by atoms with E-state index in [1.807, 2.05) is 0 Å².